The molecule has 1 amide bonds. The Morgan fingerprint density at radius 1 is 1.22 bits per heavy atom. The van der Waals surface area contributed by atoms with Gasteiger partial charge in [0.05, 0.1) is 5.02 Å². The number of ether oxygens (including phenoxy) is 1. The molecule has 0 bridgehead atoms. The second-order valence-electron chi connectivity index (χ2n) is 10.8. The van der Waals surface area contributed by atoms with Crippen molar-refractivity contribution < 1.29 is 19.0 Å². The minimum absolute atomic E-state index is 0.00338. The fraction of sp³-hybridized carbons (Fsp3) is 0.367. The van der Waals surface area contributed by atoms with Crippen molar-refractivity contribution in [2.75, 3.05) is 44.7 Å². The van der Waals surface area contributed by atoms with E-state index in [2.05, 4.69) is 22.2 Å². The number of aromatic nitrogens is 2. The number of amides is 1. The molecular formula is C30H32ClFN6O3. The molecule has 2 atom stereocenters. The number of halogens is 2. The van der Waals surface area contributed by atoms with Crippen LogP contribution in [-0.2, 0) is 4.79 Å². The lowest BCUT2D eigenvalue weighted by Gasteiger charge is -2.34. The molecule has 214 valence electrons. The van der Waals surface area contributed by atoms with E-state index in [1.54, 1.807) is 12.1 Å². The summed E-state index contributed by atoms with van der Waals surface area (Å²) in [5, 5.41) is 15.9. The Bertz CT molecular complexity index is 1640. The molecule has 2 aliphatic rings. The molecule has 1 unspecified atom stereocenters. The number of phenolic OH excluding ortho intramolecular Hbond substituents is 1. The van der Waals surface area contributed by atoms with Gasteiger partial charge >= 0.3 is 6.01 Å². The Morgan fingerprint density at radius 2 is 2.05 bits per heavy atom. The lowest BCUT2D eigenvalue weighted by atomic mass is 9.96. The quantitative estimate of drug-likeness (QED) is 0.300. The fourth-order valence-corrected chi connectivity index (χ4v) is 6.27. The summed E-state index contributed by atoms with van der Waals surface area (Å²) in [6.45, 7) is 2.99. The van der Waals surface area contributed by atoms with E-state index in [1.807, 2.05) is 29.2 Å². The first-order chi connectivity index (χ1) is 19.8. The lowest BCUT2D eigenvalue weighted by Crippen LogP contribution is -2.52. The minimum Gasteiger partial charge on any atom is -0.508 e. The van der Waals surface area contributed by atoms with E-state index in [-0.39, 0.29) is 46.4 Å². The van der Waals surface area contributed by atoms with Crippen LogP contribution in [0.4, 0.5) is 10.2 Å². The van der Waals surface area contributed by atoms with E-state index in [4.69, 9.17) is 27.1 Å². The molecule has 0 spiro atoms. The molecular weight excluding hydrogens is 547 g/mol. The summed E-state index contributed by atoms with van der Waals surface area (Å²) in [6.07, 6.45) is 2.26. The third kappa shape index (κ3) is 5.47. The first kappa shape index (κ1) is 27.4. The highest BCUT2D eigenvalue weighted by atomic mass is 35.5. The molecule has 4 aromatic rings. The average molecular weight is 579 g/mol. The number of fused-ring (bicyclic) bond motifs is 2. The van der Waals surface area contributed by atoms with Crippen LogP contribution < -0.4 is 20.7 Å². The smallest absolute Gasteiger partial charge is 0.319 e. The van der Waals surface area contributed by atoms with Gasteiger partial charge in [-0.3, -0.25) is 4.79 Å². The Labute approximate surface area is 242 Å². The van der Waals surface area contributed by atoms with Gasteiger partial charge in [0, 0.05) is 49.1 Å². The largest absolute Gasteiger partial charge is 0.508 e. The number of carbonyl (C=O) groups excluding carboxylic acids is 1. The van der Waals surface area contributed by atoms with E-state index in [0.717, 1.165) is 30.2 Å². The number of hydrogen-bond donors (Lipinski definition) is 3. The number of benzene rings is 3. The van der Waals surface area contributed by atoms with Crippen LogP contribution in [0, 0.1) is 5.82 Å². The van der Waals surface area contributed by atoms with Crippen LogP contribution in [0.5, 0.6) is 11.8 Å². The van der Waals surface area contributed by atoms with Crippen LogP contribution in [0.15, 0.2) is 42.5 Å². The summed E-state index contributed by atoms with van der Waals surface area (Å²) in [5.74, 6) is -0.547. The molecule has 4 N–H and O–H groups in total. The highest BCUT2D eigenvalue weighted by Crippen LogP contribution is 2.42. The second-order valence-corrected chi connectivity index (χ2v) is 11.3. The van der Waals surface area contributed by atoms with E-state index in [0.29, 0.717) is 43.0 Å². The molecule has 6 rings (SSSR count). The lowest BCUT2D eigenvalue weighted by molar-refractivity contribution is -0.118. The van der Waals surface area contributed by atoms with Crippen molar-refractivity contribution in [3.05, 3.63) is 53.3 Å². The first-order valence-corrected chi connectivity index (χ1v) is 14.2. The van der Waals surface area contributed by atoms with Gasteiger partial charge in [0.15, 0.2) is 5.82 Å². The van der Waals surface area contributed by atoms with Gasteiger partial charge in [-0.25, -0.2) is 4.39 Å². The maximum absolute atomic E-state index is 16.6. The zero-order chi connectivity index (χ0) is 28.7. The number of nitrogens with one attached hydrogen (secondary N) is 1. The number of nitrogens with zero attached hydrogens (tertiary/aromatic N) is 4. The number of carbonyl (C=O) groups is 1. The normalized spacial score (nSPS) is 19.7. The zero-order valence-corrected chi connectivity index (χ0v) is 23.5. The van der Waals surface area contributed by atoms with Gasteiger partial charge in [0.2, 0.25) is 5.91 Å². The first-order valence-electron chi connectivity index (χ1n) is 13.8. The number of likely N-dealkylation sites (tertiary alicyclic amines) is 1. The van der Waals surface area contributed by atoms with Crippen LogP contribution in [0.1, 0.15) is 19.3 Å². The maximum Gasteiger partial charge on any atom is 0.319 e. The topological polar surface area (TPSA) is 117 Å². The Kier molecular flexibility index (Phi) is 7.54. The SMILES string of the molecule is CN1CCC[C@H]1COc1nc(N2CCNC(CC(N)=O)C2)c2cc(Cl)c(-c3cc(O)cc4ccccc34)c(F)c2n1. The molecule has 0 saturated carbocycles. The molecule has 9 nitrogen and oxygen atoms in total. The van der Waals surface area contributed by atoms with Crippen LogP contribution >= 0.6 is 11.6 Å². The number of nitrogens with two attached hydrogens (primary N) is 1. The molecule has 1 aromatic heterocycles. The predicted octanol–water partition coefficient (Wildman–Crippen LogP) is 4.07. The van der Waals surface area contributed by atoms with E-state index < -0.39 is 11.7 Å². The molecule has 3 heterocycles. The fourth-order valence-electron chi connectivity index (χ4n) is 5.97. The molecule has 0 radical (unpaired) electrons. The summed E-state index contributed by atoms with van der Waals surface area (Å²) >= 11 is 6.80. The van der Waals surface area contributed by atoms with Gasteiger partial charge in [-0.2, -0.15) is 9.97 Å². The Hall–Kier alpha value is -3.73. The van der Waals surface area contributed by atoms with Gasteiger partial charge in [-0.15, -0.1) is 0 Å². The van der Waals surface area contributed by atoms with Gasteiger partial charge in [0.25, 0.3) is 0 Å². The van der Waals surface area contributed by atoms with Gasteiger partial charge in [-0.1, -0.05) is 35.9 Å². The molecule has 11 heteroatoms. The number of primary amides is 1. The van der Waals surface area contributed by atoms with Crippen molar-refractivity contribution in [1.29, 1.82) is 0 Å². The van der Waals surface area contributed by atoms with Crippen LogP contribution in [0.2, 0.25) is 5.02 Å². The van der Waals surface area contributed by atoms with Crippen molar-refractivity contribution >= 4 is 45.0 Å². The number of phenols is 1. The van der Waals surface area contributed by atoms with Crippen LogP contribution in [0.3, 0.4) is 0 Å². The van der Waals surface area contributed by atoms with Crippen molar-refractivity contribution in [1.82, 2.24) is 20.2 Å². The summed E-state index contributed by atoms with van der Waals surface area (Å²) < 4.78 is 22.7. The van der Waals surface area contributed by atoms with Crippen molar-refractivity contribution in [3.63, 3.8) is 0 Å². The van der Waals surface area contributed by atoms with Crippen LogP contribution in [-0.4, -0.2) is 77.8 Å². The molecule has 2 aliphatic heterocycles. The molecule has 3 aromatic carbocycles. The minimum atomic E-state index is -0.626. The van der Waals surface area contributed by atoms with E-state index >= 15 is 4.39 Å². The number of hydrogen-bond acceptors (Lipinski definition) is 8. The molecule has 2 fully saturated rings. The van der Waals surface area contributed by atoms with Gasteiger partial charge in [0.1, 0.15) is 23.7 Å². The standard InChI is InChI=1S/C30H32ClFN6O3/c1-37-9-4-6-19(37)16-41-30-35-28-23(29(36-30)38-10-8-34-18(15-38)12-25(33)40)14-24(31)26(27(28)32)22-13-20(39)11-17-5-2-3-7-21(17)22/h2-3,5,7,11,13-14,18-19,34,39H,4,6,8-10,12,15-16H2,1H3,(H2,33,40)/t18?,19-/m0/s1. The van der Waals surface area contributed by atoms with E-state index in [9.17, 15) is 9.90 Å². The van der Waals surface area contributed by atoms with Gasteiger partial charge < -0.3 is 30.7 Å². The van der Waals surface area contributed by atoms with Crippen molar-refractivity contribution in [3.8, 4) is 22.9 Å². The number of anilines is 1. The third-order valence-electron chi connectivity index (χ3n) is 8.04. The van der Waals surface area contributed by atoms with Crippen molar-refractivity contribution in [2.24, 2.45) is 5.73 Å². The molecule has 2 saturated heterocycles. The van der Waals surface area contributed by atoms with Gasteiger partial charge in [-0.05, 0) is 61.0 Å². The number of piperazine rings is 1. The molecule has 41 heavy (non-hydrogen) atoms. The predicted molar refractivity (Wildman–Crippen MR) is 158 cm³/mol. The zero-order valence-electron chi connectivity index (χ0n) is 22.7. The Balaban J connectivity index is 1.49. The summed E-state index contributed by atoms with van der Waals surface area (Å²) in [5.41, 5.74) is 6.14. The highest BCUT2D eigenvalue weighted by Gasteiger charge is 2.28. The average Bonchev–Trinajstić information content (AvgIpc) is 3.36. The van der Waals surface area contributed by atoms with Crippen LogP contribution in [0.25, 0.3) is 32.8 Å². The Morgan fingerprint density at radius 3 is 2.83 bits per heavy atom. The number of rotatable bonds is 7. The second kappa shape index (κ2) is 11.3. The maximum atomic E-state index is 16.6. The van der Waals surface area contributed by atoms with E-state index in [1.165, 1.54) is 6.07 Å². The third-order valence-corrected chi connectivity index (χ3v) is 8.34. The number of aromatic hydroxyl groups is 1. The highest BCUT2D eigenvalue weighted by molar-refractivity contribution is 6.35. The molecule has 0 aliphatic carbocycles. The summed E-state index contributed by atoms with van der Waals surface area (Å²) in [4.78, 5) is 25.1. The summed E-state index contributed by atoms with van der Waals surface area (Å²) in [7, 11) is 2.06. The number of likely N-dealkylation sites (N-methyl/N-ethyl adjacent to an activating group) is 1. The van der Waals surface area contributed by atoms with Crippen molar-refractivity contribution in [2.45, 2.75) is 31.3 Å². The summed E-state index contributed by atoms with van der Waals surface area (Å²) in [6, 6.07) is 12.4. The monoisotopic (exact) mass is 578 g/mol.